The Morgan fingerprint density at radius 1 is 0.941 bits per heavy atom. The minimum absolute atomic E-state index is 0.0518. The minimum Gasteiger partial charge on any atom is -0.495 e. The summed E-state index contributed by atoms with van der Waals surface area (Å²) in [5, 5.41) is 15.5. The first-order valence-electron chi connectivity index (χ1n) is 15.6. The minimum atomic E-state index is -4.73. The SMILES string of the molecule is COc1ccc(Cl)cc1N(CC(=O)N(Cc1ccc(Cl)cc1Cl)C(Cc1ccccc1)C(=O)NC(C)(C)C)S(=O)(=O)c1ccc(C)c([N+](=O)[O-])c1. The number of carbonyl (C=O) groups excluding carboxylic acids is 2. The van der Waals surface area contributed by atoms with Gasteiger partial charge in [0.15, 0.2) is 0 Å². The highest BCUT2D eigenvalue weighted by molar-refractivity contribution is 7.92. The van der Waals surface area contributed by atoms with Gasteiger partial charge in [0.2, 0.25) is 11.8 Å². The molecule has 0 spiro atoms. The maximum absolute atomic E-state index is 14.8. The van der Waals surface area contributed by atoms with Crippen molar-refractivity contribution in [3.05, 3.63) is 127 Å². The first-order valence-corrected chi connectivity index (χ1v) is 18.2. The summed E-state index contributed by atoms with van der Waals surface area (Å²) < 4.78 is 35.3. The van der Waals surface area contributed by atoms with Gasteiger partial charge in [0.05, 0.1) is 22.6 Å². The van der Waals surface area contributed by atoms with Crippen molar-refractivity contribution >= 4 is 68.0 Å². The van der Waals surface area contributed by atoms with Gasteiger partial charge >= 0.3 is 0 Å². The number of nitrogens with zero attached hydrogens (tertiary/aromatic N) is 3. The second-order valence-electron chi connectivity index (χ2n) is 12.7. The number of nitro benzene ring substituents is 1. The third-order valence-corrected chi connectivity index (χ3v) is 10.4. The Hall–Kier alpha value is -4.36. The molecule has 0 aliphatic carbocycles. The number of ether oxygens (including phenoxy) is 1. The zero-order chi connectivity index (χ0) is 37.7. The molecule has 0 heterocycles. The summed E-state index contributed by atoms with van der Waals surface area (Å²) in [6, 6.07) is 20.3. The number of hydrogen-bond donors (Lipinski definition) is 1. The average molecular weight is 776 g/mol. The van der Waals surface area contributed by atoms with Crippen LogP contribution in [0.1, 0.15) is 37.5 Å². The van der Waals surface area contributed by atoms with Crippen LogP contribution in [0.5, 0.6) is 5.75 Å². The summed E-state index contributed by atoms with van der Waals surface area (Å²) in [6.45, 7) is 5.80. The molecule has 4 aromatic carbocycles. The quantitative estimate of drug-likeness (QED) is 0.109. The molecule has 4 aromatic rings. The number of nitrogens with one attached hydrogen (secondary N) is 1. The van der Waals surface area contributed by atoms with Crippen LogP contribution in [0, 0.1) is 17.0 Å². The maximum atomic E-state index is 14.8. The number of halogens is 3. The second-order valence-corrected chi connectivity index (χ2v) is 15.9. The van der Waals surface area contributed by atoms with Crippen LogP contribution in [-0.4, -0.2) is 55.3 Å². The van der Waals surface area contributed by atoms with Gasteiger partial charge in [0.25, 0.3) is 15.7 Å². The Balaban J connectivity index is 1.93. The standard InChI is InChI=1S/C36H37Cl3N4O7S/c1-23-11-15-28(20-30(23)43(46)47)51(48,49)42(31-19-27(38)14-16-33(31)50-5)22-34(44)41(21-25-12-13-26(37)18-29(25)39)32(35(45)40-36(2,3)4)17-24-9-7-6-8-10-24/h6-16,18-20,32H,17,21-22H2,1-5H3,(H,40,45). The van der Waals surface area contributed by atoms with Crippen LogP contribution in [0.25, 0.3) is 0 Å². The highest BCUT2D eigenvalue weighted by atomic mass is 35.5. The van der Waals surface area contributed by atoms with Gasteiger partial charge in [-0.15, -0.1) is 0 Å². The van der Waals surface area contributed by atoms with Gasteiger partial charge in [-0.3, -0.25) is 24.0 Å². The van der Waals surface area contributed by atoms with Crippen molar-refractivity contribution in [3.8, 4) is 5.75 Å². The molecule has 0 saturated carbocycles. The van der Waals surface area contributed by atoms with Crippen molar-refractivity contribution in [2.75, 3.05) is 18.0 Å². The number of carbonyl (C=O) groups is 2. The van der Waals surface area contributed by atoms with Crippen molar-refractivity contribution in [2.24, 2.45) is 0 Å². The first kappa shape index (κ1) is 39.4. The summed E-state index contributed by atoms with van der Waals surface area (Å²) in [6.07, 6.45) is 0.0666. The Labute approximate surface area is 312 Å². The predicted octanol–water partition coefficient (Wildman–Crippen LogP) is 7.62. The highest BCUT2D eigenvalue weighted by Crippen LogP contribution is 2.36. The Bertz CT molecular complexity index is 2040. The van der Waals surface area contributed by atoms with E-state index in [1.807, 2.05) is 18.2 Å². The molecule has 0 aromatic heterocycles. The zero-order valence-corrected chi connectivity index (χ0v) is 31.6. The normalized spacial score (nSPS) is 12.2. The van der Waals surface area contributed by atoms with Gasteiger partial charge in [-0.25, -0.2) is 8.42 Å². The van der Waals surface area contributed by atoms with Crippen LogP contribution in [0.15, 0.2) is 89.8 Å². The Morgan fingerprint density at radius 2 is 1.59 bits per heavy atom. The van der Waals surface area contributed by atoms with Crippen LogP contribution < -0.4 is 14.4 Å². The number of nitro groups is 1. The van der Waals surface area contributed by atoms with Gasteiger partial charge < -0.3 is 15.0 Å². The van der Waals surface area contributed by atoms with Gasteiger partial charge in [-0.05, 0) is 75.2 Å². The Morgan fingerprint density at radius 3 is 2.20 bits per heavy atom. The number of rotatable bonds is 13. The molecule has 270 valence electrons. The van der Waals surface area contributed by atoms with E-state index in [2.05, 4.69) is 5.32 Å². The maximum Gasteiger partial charge on any atom is 0.273 e. The average Bonchev–Trinajstić information content (AvgIpc) is 3.05. The monoisotopic (exact) mass is 774 g/mol. The molecular formula is C36H37Cl3N4O7S. The number of anilines is 1. The molecule has 51 heavy (non-hydrogen) atoms. The van der Waals surface area contributed by atoms with Crippen molar-refractivity contribution in [2.45, 2.75) is 57.1 Å². The summed E-state index contributed by atoms with van der Waals surface area (Å²) in [5.41, 5.74) is 0.189. The lowest BCUT2D eigenvalue weighted by molar-refractivity contribution is -0.385. The molecule has 4 rings (SSSR count). The van der Waals surface area contributed by atoms with E-state index in [0.29, 0.717) is 10.6 Å². The van der Waals surface area contributed by atoms with Crippen molar-refractivity contribution < 1.29 is 27.7 Å². The fraction of sp³-hybridized carbons (Fsp3) is 0.278. The van der Waals surface area contributed by atoms with Crippen LogP contribution in [0.2, 0.25) is 15.1 Å². The van der Waals surface area contributed by atoms with Crippen molar-refractivity contribution in [3.63, 3.8) is 0 Å². The summed E-state index contributed by atoms with van der Waals surface area (Å²) in [5.74, 6) is -1.23. The van der Waals surface area contributed by atoms with E-state index in [0.717, 1.165) is 15.9 Å². The van der Waals surface area contributed by atoms with Gasteiger partial charge in [0.1, 0.15) is 18.3 Å². The summed E-state index contributed by atoms with van der Waals surface area (Å²) >= 11 is 19.1. The zero-order valence-electron chi connectivity index (χ0n) is 28.5. The van der Waals surface area contributed by atoms with Gasteiger partial charge in [-0.1, -0.05) is 77.3 Å². The molecule has 1 N–H and O–H groups in total. The molecule has 0 radical (unpaired) electrons. The van der Waals surface area contributed by atoms with Crippen molar-refractivity contribution in [1.29, 1.82) is 0 Å². The van der Waals surface area contributed by atoms with Gasteiger partial charge in [-0.2, -0.15) is 0 Å². The van der Waals surface area contributed by atoms with E-state index in [4.69, 9.17) is 39.5 Å². The number of aryl methyl sites for hydroxylation is 1. The molecule has 0 aliphatic rings. The first-order chi connectivity index (χ1) is 23.9. The molecule has 0 fully saturated rings. The number of methoxy groups -OCH3 is 1. The smallest absolute Gasteiger partial charge is 0.273 e. The van der Waals surface area contributed by atoms with E-state index in [-0.39, 0.29) is 40.0 Å². The fourth-order valence-electron chi connectivity index (χ4n) is 5.29. The molecule has 11 nitrogen and oxygen atoms in total. The third-order valence-electron chi connectivity index (χ3n) is 7.78. The number of benzene rings is 4. The number of amides is 2. The van der Waals surface area contributed by atoms with Crippen LogP contribution in [-0.2, 0) is 32.6 Å². The number of sulfonamides is 1. The molecular weight excluding hydrogens is 739 g/mol. The topological polar surface area (TPSA) is 139 Å². The van der Waals surface area contributed by atoms with Crippen LogP contribution in [0.3, 0.4) is 0 Å². The lowest BCUT2D eigenvalue weighted by atomic mass is 10.0. The molecule has 1 unspecified atom stereocenters. The van der Waals surface area contributed by atoms with Crippen LogP contribution >= 0.6 is 34.8 Å². The Kier molecular flexibility index (Phi) is 12.6. The summed E-state index contributed by atoms with van der Waals surface area (Å²) in [4.78, 5) is 40.8. The van der Waals surface area contributed by atoms with E-state index in [1.54, 1.807) is 45.0 Å². The molecule has 0 aliphatic heterocycles. The van der Waals surface area contributed by atoms with Crippen molar-refractivity contribution in [1.82, 2.24) is 10.2 Å². The lowest BCUT2D eigenvalue weighted by Gasteiger charge is -2.35. The van der Waals surface area contributed by atoms with Gasteiger partial charge in [0, 0.05) is 45.2 Å². The molecule has 0 bridgehead atoms. The largest absolute Gasteiger partial charge is 0.495 e. The third kappa shape index (κ3) is 9.91. The molecule has 1 atom stereocenters. The van der Waals surface area contributed by atoms with E-state index in [1.165, 1.54) is 55.3 Å². The lowest BCUT2D eigenvalue weighted by Crippen LogP contribution is -2.56. The molecule has 0 saturated heterocycles. The van der Waals surface area contributed by atoms with E-state index >= 15 is 0 Å². The fourth-order valence-corrected chi connectivity index (χ4v) is 7.36. The second kappa shape index (κ2) is 16.3. The number of hydrogen-bond acceptors (Lipinski definition) is 7. The molecule has 2 amide bonds. The summed E-state index contributed by atoms with van der Waals surface area (Å²) in [7, 11) is -3.41. The predicted molar refractivity (Wildman–Crippen MR) is 199 cm³/mol. The highest BCUT2D eigenvalue weighted by Gasteiger charge is 2.37. The van der Waals surface area contributed by atoms with E-state index in [9.17, 15) is 28.1 Å². The van der Waals surface area contributed by atoms with Crippen LogP contribution in [0.4, 0.5) is 11.4 Å². The van der Waals surface area contributed by atoms with E-state index < -0.39 is 55.5 Å². The molecule has 15 heteroatoms.